The highest BCUT2D eigenvalue weighted by Crippen LogP contribution is 2.12. The molecule has 0 aliphatic rings. The van der Waals surface area contributed by atoms with Crippen molar-refractivity contribution in [3.8, 4) is 59.7 Å². The highest BCUT2D eigenvalue weighted by atomic mass is 16.5. The summed E-state index contributed by atoms with van der Waals surface area (Å²) in [5.41, 5.74) is 0. The fraction of sp³-hybridized carbons (Fsp3) is 0.593. The Morgan fingerprint density at radius 3 is 2.23 bits per heavy atom. The van der Waals surface area contributed by atoms with Crippen LogP contribution in [0.1, 0.15) is 83.6 Å². The molecule has 1 amide bonds. The molecule has 0 aromatic carbocycles. The van der Waals surface area contributed by atoms with Crippen LogP contribution >= 0.6 is 0 Å². The summed E-state index contributed by atoms with van der Waals surface area (Å²) in [4.78, 5) is 11.5. The van der Waals surface area contributed by atoms with E-state index in [9.17, 15) is 4.79 Å². The van der Waals surface area contributed by atoms with Gasteiger partial charge < -0.3 is 10.1 Å². The Morgan fingerprint density at radius 2 is 1.57 bits per heavy atom. The quantitative estimate of drug-likeness (QED) is 0.270. The predicted molar refractivity (Wildman–Crippen MR) is 142 cm³/mol. The fourth-order valence-electron chi connectivity index (χ4n) is 2.51. The van der Waals surface area contributed by atoms with E-state index in [-0.39, 0.29) is 29.2 Å². The van der Waals surface area contributed by atoms with E-state index in [1.807, 2.05) is 13.8 Å². The minimum atomic E-state index is 0. The molecule has 0 saturated heterocycles. The summed E-state index contributed by atoms with van der Waals surface area (Å²) in [6, 6.07) is 0. The first kappa shape index (κ1) is 27.2. The smallest absolute Gasteiger partial charge is 0.222 e. The molecule has 1 unspecified atom stereocenters. The van der Waals surface area contributed by atoms with Crippen LogP contribution in [0.4, 0.5) is 0 Å². The summed E-state index contributed by atoms with van der Waals surface area (Å²) in [6.07, 6.45) is 14.3. The molecule has 1 N–H and O–H groups in total. The van der Waals surface area contributed by atoms with Crippen molar-refractivity contribution >= 4 is 5.91 Å². The van der Waals surface area contributed by atoms with Crippen LogP contribution in [0.25, 0.3) is 0 Å². The highest BCUT2D eigenvalue weighted by Gasteiger charge is 2.07. The maximum Gasteiger partial charge on any atom is 0.222 e. The molecule has 3 nitrogen and oxygen atoms in total. The average molecular weight is 422 g/mol. The first-order chi connectivity index (χ1) is 14.6. The van der Waals surface area contributed by atoms with E-state index in [0.29, 0.717) is 19.8 Å². The molecule has 0 bridgehead atoms. The summed E-state index contributed by atoms with van der Waals surface area (Å²) in [5.74, 6) is 24.0. The van der Waals surface area contributed by atoms with Crippen molar-refractivity contribution in [2.75, 3.05) is 19.8 Å². The van der Waals surface area contributed by atoms with Gasteiger partial charge in [-0.25, -0.2) is 0 Å². The zero-order valence-corrected chi connectivity index (χ0v) is 18.8. The van der Waals surface area contributed by atoms with E-state index >= 15 is 0 Å². The molecule has 0 aliphatic carbocycles. The lowest BCUT2D eigenvalue weighted by Gasteiger charge is -2.12. The van der Waals surface area contributed by atoms with Crippen LogP contribution in [-0.4, -0.2) is 25.7 Å². The molecule has 0 radical (unpaired) electrons. The maximum atomic E-state index is 11.5. The third-order valence-corrected chi connectivity index (χ3v) is 4.24. The van der Waals surface area contributed by atoms with Gasteiger partial charge in [0, 0.05) is 36.4 Å². The van der Waals surface area contributed by atoms with E-state index in [1.54, 1.807) is 0 Å². The van der Waals surface area contributed by atoms with Crippen LogP contribution in [0.2, 0.25) is 0 Å². The van der Waals surface area contributed by atoms with Gasteiger partial charge in [-0.2, -0.15) is 0 Å². The number of carbonyl (C=O) groups is 1. The molecule has 176 valence electrons. The van der Waals surface area contributed by atoms with E-state index in [4.69, 9.17) is 11.2 Å². The Morgan fingerprint density at radius 1 is 0.933 bits per heavy atom. The van der Waals surface area contributed by atoms with Crippen LogP contribution < -0.4 is 5.32 Å². The zero-order valence-electron chi connectivity index (χ0n) is 18.8. The van der Waals surface area contributed by atoms with Crippen LogP contribution in [0, 0.1) is 71.5 Å². The van der Waals surface area contributed by atoms with Crippen molar-refractivity contribution < 1.29 is 20.9 Å². The zero-order chi connectivity index (χ0) is 22.3. The first-order valence-corrected chi connectivity index (χ1v) is 10.9. The van der Waals surface area contributed by atoms with Gasteiger partial charge in [0.2, 0.25) is 5.91 Å². The van der Waals surface area contributed by atoms with Crippen LogP contribution in [0.5, 0.6) is 0 Å². The van der Waals surface area contributed by atoms with Crippen molar-refractivity contribution in [3.63, 3.8) is 0 Å². The largest absolute Gasteiger partial charge is 0.380 e. The fourth-order valence-corrected chi connectivity index (χ4v) is 2.51. The average Bonchev–Trinajstić information content (AvgIpc) is 2.73. The molecule has 0 saturated carbocycles. The monoisotopic (exact) mass is 421 g/mol. The Labute approximate surface area is 196 Å². The Hall–Kier alpha value is -2.77. The second-order valence-electron chi connectivity index (χ2n) is 7.29. The summed E-state index contributed by atoms with van der Waals surface area (Å²) in [7, 11) is 0. The molecular weight excluding hydrogens is 370 g/mol. The summed E-state index contributed by atoms with van der Waals surface area (Å²) < 4.78 is 5.79. The van der Waals surface area contributed by atoms with Gasteiger partial charge in [-0.3, -0.25) is 4.79 Å². The Balaban J connectivity index is -0.000000150. The number of rotatable bonds is 14. The second kappa shape index (κ2) is 21.0. The van der Waals surface area contributed by atoms with Gasteiger partial charge >= 0.3 is 0 Å². The number of hydrogen-bond donors (Lipinski definition) is 1. The van der Waals surface area contributed by atoms with Crippen molar-refractivity contribution in [1.82, 2.24) is 5.32 Å². The first-order valence-electron chi connectivity index (χ1n) is 10.9. The molecule has 0 heterocycles. The van der Waals surface area contributed by atoms with Crippen LogP contribution in [0.15, 0.2) is 0 Å². The van der Waals surface area contributed by atoms with Crippen LogP contribution in [-0.2, 0) is 9.53 Å². The van der Waals surface area contributed by atoms with Gasteiger partial charge in [0.15, 0.2) is 0 Å². The van der Waals surface area contributed by atoms with Crippen molar-refractivity contribution in [1.29, 1.82) is 0 Å². The molecule has 0 fully saturated rings. The number of nitrogens with one attached hydrogen (secondary N) is 1. The molecular formula is C27H51NO2. The van der Waals surface area contributed by atoms with Gasteiger partial charge in [0.25, 0.3) is 0 Å². The van der Waals surface area contributed by atoms with Gasteiger partial charge in [-0.15, -0.1) is 6.42 Å². The third-order valence-electron chi connectivity index (χ3n) is 4.24. The molecule has 0 rings (SSSR count). The van der Waals surface area contributed by atoms with E-state index in [1.165, 1.54) is 32.1 Å². The topological polar surface area (TPSA) is 38.3 Å². The number of hydrogen-bond acceptors (Lipinski definition) is 2. The normalized spacial score (nSPS) is 9.97. The molecule has 3 heteroatoms. The predicted octanol–water partition coefficient (Wildman–Crippen LogP) is 6.15. The minimum Gasteiger partial charge on any atom is -0.380 e. The van der Waals surface area contributed by atoms with Gasteiger partial charge in [-0.05, 0) is 60.2 Å². The molecule has 0 aromatic rings. The lowest BCUT2D eigenvalue weighted by Crippen LogP contribution is -2.29. The maximum absolute atomic E-state index is 11.5. The van der Waals surface area contributed by atoms with Crippen molar-refractivity contribution in [2.24, 2.45) is 11.8 Å². The Bertz CT molecular complexity index is 785. The van der Waals surface area contributed by atoms with E-state index < -0.39 is 0 Å². The number of amides is 1. The molecule has 0 spiro atoms. The van der Waals surface area contributed by atoms with Crippen LogP contribution in [0.3, 0.4) is 0 Å². The van der Waals surface area contributed by atoms with E-state index in [0.717, 1.165) is 19.3 Å². The number of terminal acetylenes is 1. The van der Waals surface area contributed by atoms with Gasteiger partial charge in [0.1, 0.15) is 0 Å². The van der Waals surface area contributed by atoms with Gasteiger partial charge in [0.05, 0.1) is 6.61 Å². The SMILES string of the molecule is C#CC#CC#CC#CC#CC(CCCCCCCC)COCCCNC(=O)C(C)C.[HH].[HH].[HH].[HH].[HH].[HH].[HH].[HH]. The number of carbonyl (C=O) groups excluding carboxylic acids is 1. The summed E-state index contributed by atoms with van der Waals surface area (Å²) in [5, 5.41) is 2.90. The number of unbranched alkanes of at least 4 members (excludes halogenated alkanes) is 5. The van der Waals surface area contributed by atoms with E-state index in [2.05, 4.69) is 65.5 Å². The third kappa shape index (κ3) is 18.6. The van der Waals surface area contributed by atoms with Crippen molar-refractivity contribution in [3.05, 3.63) is 0 Å². The van der Waals surface area contributed by atoms with Gasteiger partial charge in [-0.1, -0.05) is 65.2 Å². The lowest BCUT2D eigenvalue weighted by molar-refractivity contribution is -0.124. The molecule has 0 aliphatic heterocycles. The second-order valence-corrected chi connectivity index (χ2v) is 7.29. The highest BCUT2D eigenvalue weighted by molar-refractivity contribution is 5.77. The Kier molecular flexibility index (Phi) is 19.0. The summed E-state index contributed by atoms with van der Waals surface area (Å²) in [6.45, 7) is 7.83. The lowest BCUT2D eigenvalue weighted by atomic mass is 10.0. The van der Waals surface area contributed by atoms with Crippen molar-refractivity contribution in [2.45, 2.75) is 72.1 Å². The molecule has 30 heavy (non-hydrogen) atoms. The molecule has 0 aromatic heterocycles. The number of ether oxygens (including phenoxy) is 1. The summed E-state index contributed by atoms with van der Waals surface area (Å²) >= 11 is 0. The molecule has 1 atom stereocenters. The standard InChI is InChI=1S/C27H35NO2.8H2/c1-5-7-9-11-13-14-16-18-21-26(20-17-15-12-10-8-6-2)24-30-23-19-22-28-27(29)25(3)4;;;;;;;;/h1,25-26H,6,8,10,12,15,17,19-20,22-24H2,2-4H3,(H,28,29);8*1H. The minimum absolute atomic E-state index is 0.